The van der Waals surface area contributed by atoms with Crippen molar-refractivity contribution in [1.29, 1.82) is 0 Å². The second kappa shape index (κ2) is 8.98. The van der Waals surface area contributed by atoms with Crippen LogP contribution in [0.2, 0.25) is 29.7 Å². The average Bonchev–Trinajstić information content (AvgIpc) is 2.92. The van der Waals surface area contributed by atoms with Crippen molar-refractivity contribution < 1.29 is 0 Å². The van der Waals surface area contributed by atoms with Crippen molar-refractivity contribution in [1.82, 2.24) is 0 Å². The molecule has 0 aromatic heterocycles. The molecule has 0 fully saturated rings. The largest absolute Gasteiger partial charge is 0.130 e. The minimum Gasteiger partial charge on any atom is -0.130 e. The van der Waals surface area contributed by atoms with Crippen molar-refractivity contribution in [2.75, 3.05) is 0 Å². The van der Waals surface area contributed by atoms with E-state index in [2.05, 4.69) is 128 Å². The highest BCUT2D eigenvalue weighted by atomic mass is 35.5. The summed E-state index contributed by atoms with van der Waals surface area (Å²) in [7, 11) is -1.66. The second-order valence-corrected chi connectivity index (χ2v) is 16.3. The fourth-order valence-corrected chi connectivity index (χ4v) is 6.70. The molecule has 0 N–H and O–H groups in total. The third-order valence-electron chi connectivity index (χ3n) is 7.29. The van der Waals surface area contributed by atoms with E-state index in [4.69, 9.17) is 23.2 Å². The Kier molecular flexibility index (Phi) is 5.83. The van der Waals surface area contributed by atoms with Crippen LogP contribution < -0.4 is 0 Å². The van der Waals surface area contributed by atoms with Gasteiger partial charge in [-0.25, -0.2) is 0 Å². The van der Waals surface area contributed by atoms with Gasteiger partial charge in [0.1, 0.15) is 18.9 Å². The van der Waals surface area contributed by atoms with Gasteiger partial charge in [-0.3, -0.25) is 0 Å². The monoisotopic (exact) mass is 542 g/mol. The first-order valence-electron chi connectivity index (χ1n) is 12.6. The molecule has 4 aromatic rings. The van der Waals surface area contributed by atoms with E-state index in [0.717, 1.165) is 0 Å². The van der Waals surface area contributed by atoms with E-state index in [-0.39, 0.29) is 0 Å². The molecule has 0 atom stereocenters. The SMILES string of the molecule is C[Si](C)(C)C#CC12c3ccccc3C(C#CC#Cc3cccc(Cl)c3Cl)(c3ccccc31)c1ccccc12. The summed E-state index contributed by atoms with van der Waals surface area (Å²) >= 11 is 12.6. The maximum absolute atomic E-state index is 6.37. The molecule has 0 nitrogen and oxygen atoms in total. The van der Waals surface area contributed by atoms with Gasteiger partial charge in [0.05, 0.1) is 10.0 Å². The number of rotatable bonds is 0. The van der Waals surface area contributed by atoms with Gasteiger partial charge < -0.3 is 0 Å². The van der Waals surface area contributed by atoms with Crippen molar-refractivity contribution >= 4 is 31.3 Å². The average molecular weight is 544 g/mol. The Morgan fingerprint density at radius 3 is 1.45 bits per heavy atom. The first-order chi connectivity index (χ1) is 18.3. The summed E-state index contributed by atoms with van der Waals surface area (Å²) in [5, 5.41) is 0.931. The molecule has 0 heterocycles. The summed E-state index contributed by atoms with van der Waals surface area (Å²) in [5.41, 5.74) is 10.4. The van der Waals surface area contributed by atoms with Crippen molar-refractivity contribution in [2.24, 2.45) is 0 Å². The minimum absolute atomic E-state index is 0.448. The fourth-order valence-electron chi connectivity index (χ4n) is 5.79. The van der Waals surface area contributed by atoms with Crippen molar-refractivity contribution in [3.05, 3.63) is 140 Å². The highest BCUT2D eigenvalue weighted by Gasteiger charge is 2.57. The van der Waals surface area contributed by atoms with Crippen LogP contribution in [0.4, 0.5) is 0 Å². The fraction of sp³-hybridized carbons (Fsp3) is 0.143. The van der Waals surface area contributed by atoms with E-state index in [9.17, 15) is 0 Å². The van der Waals surface area contributed by atoms with Crippen LogP contribution in [0.1, 0.15) is 38.9 Å². The second-order valence-electron chi connectivity index (χ2n) is 10.7. The molecule has 4 aromatic carbocycles. The Balaban J connectivity index is 1.67. The van der Waals surface area contributed by atoms with Crippen LogP contribution in [0.5, 0.6) is 0 Å². The zero-order valence-electron chi connectivity index (χ0n) is 21.4. The lowest BCUT2D eigenvalue weighted by molar-refractivity contribution is 0.606. The number of benzene rings is 4. The molecule has 0 spiro atoms. The smallest absolute Gasteiger partial charge is 0.129 e. The maximum Gasteiger partial charge on any atom is 0.129 e. The molecule has 3 heteroatoms. The zero-order valence-corrected chi connectivity index (χ0v) is 23.9. The Bertz CT molecular complexity index is 1690. The lowest BCUT2D eigenvalue weighted by atomic mass is 9.47. The third kappa shape index (κ3) is 3.57. The predicted octanol–water partition coefficient (Wildman–Crippen LogP) is 8.22. The Labute approximate surface area is 236 Å². The summed E-state index contributed by atoms with van der Waals surface area (Å²) < 4.78 is 0. The Hall–Kier alpha value is -3.64. The lowest BCUT2D eigenvalue weighted by Crippen LogP contribution is -2.50. The van der Waals surface area contributed by atoms with E-state index < -0.39 is 18.9 Å². The van der Waals surface area contributed by atoms with Gasteiger partial charge in [0, 0.05) is 5.56 Å². The van der Waals surface area contributed by atoms with E-state index in [1.807, 2.05) is 12.1 Å². The molecule has 3 aliphatic carbocycles. The van der Waals surface area contributed by atoms with Crippen molar-refractivity contribution in [2.45, 2.75) is 30.5 Å². The van der Waals surface area contributed by atoms with Crippen LogP contribution in [0.25, 0.3) is 0 Å². The highest BCUT2D eigenvalue weighted by molar-refractivity contribution is 6.83. The number of hydrogen-bond donors (Lipinski definition) is 0. The quantitative estimate of drug-likeness (QED) is 0.155. The molecular formula is C35H24Cl2Si. The lowest BCUT2D eigenvalue weighted by Gasteiger charge is -2.52. The maximum atomic E-state index is 6.37. The summed E-state index contributed by atoms with van der Waals surface area (Å²) in [6.07, 6.45) is 0. The van der Waals surface area contributed by atoms with Gasteiger partial charge in [0.25, 0.3) is 0 Å². The van der Waals surface area contributed by atoms with Gasteiger partial charge in [-0.2, -0.15) is 0 Å². The van der Waals surface area contributed by atoms with Crippen molar-refractivity contribution in [3.63, 3.8) is 0 Å². The van der Waals surface area contributed by atoms with E-state index in [1.54, 1.807) is 6.07 Å². The molecule has 2 bridgehead atoms. The van der Waals surface area contributed by atoms with Crippen LogP contribution in [-0.4, -0.2) is 8.07 Å². The molecule has 38 heavy (non-hydrogen) atoms. The minimum atomic E-state index is -1.66. The van der Waals surface area contributed by atoms with Gasteiger partial charge in [0.15, 0.2) is 0 Å². The molecule has 0 saturated heterocycles. The van der Waals surface area contributed by atoms with E-state index in [0.29, 0.717) is 15.6 Å². The molecule has 0 amide bonds. The molecule has 0 saturated carbocycles. The van der Waals surface area contributed by atoms with Gasteiger partial charge in [-0.15, -0.1) is 5.54 Å². The van der Waals surface area contributed by atoms with Crippen molar-refractivity contribution in [3.8, 4) is 35.1 Å². The predicted molar refractivity (Wildman–Crippen MR) is 161 cm³/mol. The first-order valence-corrected chi connectivity index (χ1v) is 16.9. The molecule has 3 aliphatic rings. The topological polar surface area (TPSA) is 0 Å². The summed E-state index contributed by atoms with van der Waals surface area (Å²) in [6, 6.07) is 31.4. The third-order valence-corrected chi connectivity index (χ3v) is 8.99. The van der Waals surface area contributed by atoms with Gasteiger partial charge >= 0.3 is 0 Å². The number of hydrogen-bond acceptors (Lipinski definition) is 0. The summed E-state index contributed by atoms with van der Waals surface area (Å²) in [6.45, 7) is 6.89. The molecular weight excluding hydrogens is 519 g/mol. The van der Waals surface area contributed by atoms with Crippen LogP contribution >= 0.6 is 23.2 Å². The standard InChI is InChI=1S/C35H24Cl2Si/c1-38(2,3)24-23-35-29-18-7-4-15-26(29)34(27-16-5-8-19-30(27)35,28-17-6-9-20-31(28)35)22-11-10-13-25-14-12-21-32(36)33(25)37/h4-9,12,14-21H,1-3H3. The Morgan fingerprint density at radius 2 is 1.00 bits per heavy atom. The summed E-state index contributed by atoms with van der Waals surface area (Å²) in [4.78, 5) is 0. The summed E-state index contributed by atoms with van der Waals surface area (Å²) in [5.74, 6) is 16.9. The van der Waals surface area contributed by atoms with Gasteiger partial charge in [0.2, 0.25) is 0 Å². The van der Waals surface area contributed by atoms with Crippen LogP contribution in [0.15, 0.2) is 91.0 Å². The molecule has 182 valence electrons. The van der Waals surface area contributed by atoms with Crippen LogP contribution in [0.3, 0.4) is 0 Å². The van der Waals surface area contributed by atoms with Gasteiger partial charge in [-0.1, -0.05) is 139 Å². The molecule has 0 aliphatic heterocycles. The van der Waals surface area contributed by atoms with E-state index >= 15 is 0 Å². The normalized spacial score (nSPS) is 19.8. The first kappa shape index (κ1) is 24.7. The van der Waals surface area contributed by atoms with Gasteiger partial charge in [-0.05, 0) is 57.4 Å². The van der Waals surface area contributed by atoms with Crippen LogP contribution in [-0.2, 0) is 10.8 Å². The highest BCUT2D eigenvalue weighted by Crippen LogP contribution is 2.61. The van der Waals surface area contributed by atoms with Crippen LogP contribution in [0, 0.1) is 35.1 Å². The number of halogens is 2. The Morgan fingerprint density at radius 1 is 0.553 bits per heavy atom. The zero-order chi connectivity index (χ0) is 26.5. The molecule has 0 unspecified atom stereocenters. The molecule has 0 radical (unpaired) electrons. The van der Waals surface area contributed by atoms with E-state index in [1.165, 1.54) is 33.4 Å². The molecule has 7 rings (SSSR count).